The van der Waals surface area contributed by atoms with Crippen molar-refractivity contribution in [2.24, 2.45) is 0 Å². The molecule has 2 aromatic carbocycles. The van der Waals surface area contributed by atoms with Crippen molar-refractivity contribution in [1.82, 2.24) is 29.3 Å². The summed E-state index contributed by atoms with van der Waals surface area (Å²) in [6.45, 7) is 5.71. The SMILES string of the molecule is CCCc1c(Cc2ccc(-c3ccccc3)c(-c3noc(=O)[nH]3)c2)c(=O)n(C2CCC(OC(C)C(C)O)CC2)c2ncnn12. The van der Waals surface area contributed by atoms with Gasteiger partial charge in [0.1, 0.15) is 6.33 Å². The van der Waals surface area contributed by atoms with Gasteiger partial charge in [-0.25, -0.2) is 9.31 Å². The third-order valence-corrected chi connectivity index (χ3v) is 8.65. The van der Waals surface area contributed by atoms with E-state index in [1.165, 1.54) is 6.33 Å². The van der Waals surface area contributed by atoms with Gasteiger partial charge in [-0.2, -0.15) is 10.1 Å². The molecule has 1 aliphatic rings. The molecule has 2 atom stereocenters. The molecule has 0 aliphatic heterocycles. The molecule has 0 spiro atoms. The molecule has 11 heteroatoms. The second kappa shape index (κ2) is 12.7. The summed E-state index contributed by atoms with van der Waals surface area (Å²) in [5.41, 5.74) is 4.94. The Morgan fingerprint density at radius 1 is 1.07 bits per heavy atom. The van der Waals surface area contributed by atoms with Gasteiger partial charge in [-0.1, -0.05) is 61.0 Å². The molecule has 2 N–H and O–H groups in total. The van der Waals surface area contributed by atoms with Crippen molar-refractivity contribution in [3.8, 4) is 22.5 Å². The van der Waals surface area contributed by atoms with Crippen LogP contribution in [0.5, 0.6) is 0 Å². The first-order valence-corrected chi connectivity index (χ1v) is 15.4. The molecule has 2 unspecified atom stereocenters. The molecule has 1 aliphatic carbocycles. The van der Waals surface area contributed by atoms with E-state index in [1.54, 1.807) is 6.92 Å². The lowest BCUT2D eigenvalue weighted by Gasteiger charge is -2.32. The van der Waals surface area contributed by atoms with Gasteiger partial charge in [-0.15, -0.1) is 0 Å². The predicted octanol–water partition coefficient (Wildman–Crippen LogP) is 4.71. The molecule has 6 rings (SSSR count). The summed E-state index contributed by atoms with van der Waals surface area (Å²) in [5, 5.41) is 18.4. The van der Waals surface area contributed by atoms with Crippen molar-refractivity contribution in [3.05, 3.63) is 92.6 Å². The van der Waals surface area contributed by atoms with Gasteiger partial charge in [0.25, 0.3) is 5.56 Å². The standard InChI is InChI=1S/C33H38N6O5/c1-4-8-29-28(18-22-11-16-26(23-9-6-5-7-10-23)27(17-22)30-36-33(42)44-37-30)31(41)38(32-34-19-35-39(29)32)24-12-14-25(15-13-24)43-21(3)20(2)40/h5-7,9-11,16-17,19-21,24-25,40H,4,8,12-15,18H2,1-3H3,(H,36,37,42). The number of aliphatic hydroxyl groups is 1. The number of aromatic nitrogens is 6. The largest absolute Gasteiger partial charge is 0.439 e. The third kappa shape index (κ3) is 5.89. The summed E-state index contributed by atoms with van der Waals surface area (Å²) in [6, 6.07) is 15.8. The number of ether oxygens (including phenoxy) is 1. The zero-order chi connectivity index (χ0) is 30.8. The molecule has 0 saturated heterocycles. The van der Waals surface area contributed by atoms with E-state index in [9.17, 15) is 14.7 Å². The third-order valence-electron chi connectivity index (χ3n) is 8.65. The Balaban J connectivity index is 1.39. The quantitative estimate of drug-likeness (QED) is 0.235. The first-order valence-electron chi connectivity index (χ1n) is 15.4. The lowest BCUT2D eigenvalue weighted by molar-refractivity contribution is -0.0758. The molecule has 1 saturated carbocycles. The van der Waals surface area contributed by atoms with Crippen molar-refractivity contribution >= 4 is 5.78 Å². The van der Waals surface area contributed by atoms with Crippen molar-refractivity contribution in [2.75, 3.05) is 0 Å². The fourth-order valence-corrected chi connectivity index (χ4v) is 6.25. The van der Waals surface area contributed by atoms with Crippen LogP contribution in [-0.4, -0.2) is 52.7 Å². The number of H-pyrrole nitrogens is 1. The average molecular weight is 599 g/mol. The molecular weight excluding hydrogens is 560 g/mol. The van der Waals surface area contributed by atoms with Gasteiger partial charge in [0.2, 0.25) is 5.78 Å². The summed E-state index contributed by atoms with van der Waals surface area (Å²) in [5.74, 6) is 0.260. The highest BCUT2D eigenvalue weighted by Gasteiger charge is 2.29. The van der Waals surface area contributed by atoms with Gasteiger partial charge in [0, 0.05) is 23.6 Å². The fourth-order valence-electron chi connectivity index (χ4n) is 6.25. The molecule has 0 bridgehead atoms. The van der Waals surface area contributed by atoms with E-state index in [4.69, 9.17) is 9.26 Å². The Bertz CT molecular complexity index is 1850. The Kier molecular flexibility index (Phi) is 8.58. The number of aryl methyl sites for hydroxylation is 1. The van der Waals surface area contributed by atoms with Crippen LogP contribution in [0.15, 0.2) is 69.0 Å². The molecule has 5 aromatic rings. The molecular formula is C33H38N6O5. The highest BCUT2D eigenvalue weighted by Crippen LogP contribution is 2.33. The molecule has 1 fully saturated rings. The summed E-state index contributed by atoms with van der Waals surface area (Å²) in [4.78, 5) is 33.5. The maximum atomic E-state index is 14.4. The number of nitrogens with zero attached hydrogens (tertiary/aromatic N) is 5. The lowest BCUT2D eigenvalue weighted by atomic mass is 9.91. The van der Waals surface area contributed by atoms with Gasteiger partial charge >= 0.3 is 5.76 Å². The van der Waals surface area contributed by atoms with Crippen molar-refractivity contribution < 1.29 is 14.4 Å². The molecule has 11 nitrogen and oxygen atoms in total. The summed E-state index contributed by atoms with van der Waals surface area (Å²) in [7, 11) is 0. The van der Waals surface area contributed by atoms with E-state index < -0.39 is 11.9 Å². The smallest absolute Gasteiger partial charge is 0.391 e. The predicted molar refractivity (Wildman–Crippen MR) is 166 cm³/mol. The summed E-state index contributed by atoms with van der Waals surface area (Å²) >= 11 is 0. The Labute approximate surface area is 254 Å². The Hall–Kier alpha value is -4.35. The first-order chi connectivity index (χ1) is 21.3. The summed E-state index contributed by atoms with van der Waals surface area (Å²) < 4.78 is 14.6. The van der Waals surface area contributed by atoms with E-state index in [1.807, 2.05) is 64.5 Å². The number of aliphatic hydroxyl groups excluding tert-OH is 1. The highest BCUT2D eigenvalue weighted by molar-refractivity contribution is 5.81. The van der Waals surface area contributed by atoms with Gasteiger partial charge in [-0.3, -0.25) is 18.9 Å². The second-order valence-corrected chi connectivity index (χ2v) is 11.7. The van der Waals surface area contributed by atoms with Crippen LogP contribution in [-0.2, 0) is 17.6 Å². The monoisotopic (exact) mass is 598 g/mol. The number of hydrogen-bond acceptors (Lipinski definition) is 8. The lowest BCUT2D eigenvalue weighted by Crippen LogP contribution is -2.36. The van der Waals surface area contributed by atoms with Crippen LogP contribution in [0.1, 0.15) is 75.7 Å². The fraction of sp³-hybridized carbons (Fsp3) is 0.424. The first kappa shape index (κ1) is 29.7. The van der Waals surface area contributed by atoms with Crippen LogP contribution < -0.4 is 11.3 Å². The second-order valence-electron chi connectivity index (χ2n) is 11.7. The Morgan fingerprint density at radius 3 is 2.52 bits per heavy atom. The number of benzene rings is 2. The van der Waals surface area contributed by atoms with E-state index in [-0.39, 0.29) is 23.8 Å². The van der Waals surface area contributed by atoms with Crippen LogP contribution in [0.2, 0.25) is 0 Å². The molecule has 0 amide bonds. The van der Waals surface area contributed by atoms with Crippen LogP contribution in [0, 0.1) is 0 Å². The zero-order valence-corrected chi connectivity index (χ0v) is 25.3. The minimum Gasteiger partial charge on any atom is -0.391 e. The van der Waals surface area contributed by atoms with Gasteiger partial charge in [-0.05, 0) is 68.7 Å². The van der Waals surface area contributed by atoms with Crippen LogP contribution in [0.3, 0.4) is 0 Å². The van der Waals surface area contributed by atoms with Gasteiger partial charge in [0.15, 0.2) is 5.82 Å². The van der Waals surface area contributed by atoms with E-state index in [0.717, 1.165) is 54.5 Å². The molecule has 3 aromatic heterocycles. The highest BCUT2D eigenvalue weighted by atomic mass is 16.5. The molecule has 3 heterocycles. The normalized spacial score (nSPS) is 18.5. The van der Waals surface area contributed by atoms with Crippen LogP contribution >= 0.6 is 0 Å². The molecule has 0 radical (unpaired) electrons. The van der Waals surface area contributed by atoms with E-state index in [0.29, 0.717) is 35.6 Å². The van der Waals surface area contributed by atoms with Crippen molar-refractivity contribution in [2.45, 2.75) is 90.1 Å². The maximum absolute atomic E-state index is 14.4. The van der Waals surface area contributed by atoms with Gasteiger partial charge < -0.3 is 9.84 Å². The Morgan fingerprint density at radius 2 is 1.84 bits per heavy atom. The zero-order valence-electron chi connectivity index (χ0n) is 25.3. The minimum atomic E-state index is -0.630. The van der Waals surface area contributed by atoms with Gasteiger partial charge in [0.05, 0.1) is 24.0 Å². The van der Waals surface area contributed by atoms with Crippen LogP contribution in [0.4, 0.5) is 0 Å². The maximum Gasteiger partial charge on any atom is 0.439 e. The average Bonchev–Trinajstić information content (AvgIpc) is 3.69. The number of nitrogens with one attached hydrogen (secondary N) is 1. The minimum absolute atomic E-state index is 0.0402. The number of hydrogen-bond donors (Lipinski definition) is 2. The number of aromatic amines is 1. The molecule has 230 valence electrons. The topological polar surface area (TPSA) is 141 Å². The van der Waals surface area contributed by atoms with Crippen molar-refractivity contribution in [1.29, 1.82) is 0 Å². The van der Waals surface area contributed by atoms with Crippen molar-refractivity contribution in [3.63, 3.8) is 0 Å². The number of rotatable bonds is 10. The van der Waals surface area contributed by atoms with E-state index in [2.05, 4.69) is 27.1 Å². The number of fused-ring (bicyclic) bond motifs is 1. The molecule has 44 heavy (non-hydrogen) atoms. The summed E-state index contributed by atoms with van der Waals surface area (Å²) in [6.07, 6.45) is 5.79. The van der Waals surface area contributed by atoms with E-state index >= 15 is 0 Å². The van der Waals surface area contributed by atoms with Crippen LogP contribution in [0.25, 0.3) is 28.3 Å².